The number of carbonyl (C=O) groups is 2. The quantitative estimate of drug-likeness (QED) is 0.616. The highest BCUT2D eigenvalue weighted by atomic mass is 32.2. The molecule has 1 aliphatic rings. The van der Waals surface area contributed by atoms with E-state index in [-0.39, 0.29) is 23.3 Å². The Balaban J connectivity index is 2.19. The molecule has 0 unspecified atom stereocenters. The second-order valence-corrected chi connectivity index (χ2v) is 6.40. The first-order chi connectivity index (χ1) is 9.88. The Morgan fingerprint density at radius 2 is 2.05 bits per heavy atom. The van der Waals surface area contributed by atoms with Gasteiger partial charge in [0.05, 0.1) is 11.4 Å². The summed E-state index contributed by atoms with van der Waals surface area (Å²) in [5, 5.41) is 12.5. The van der Waals surface area contributed by atoms with Crippen LogP contribution in [0.2, 0.25) is 0 Å². The first-order valence-corrected chi connectivity index (χ1v) is 7.91. The summed E-state index contributed by atoms with van der Waals surface area (Å²) in [4.78, 5) is 31.7. The first-order valence-electron chi connectivity index (χ1n) is 6.92. The number of aryl methyl sites for hydroxylation is 1. The van der Waals surface area contributed by atoms with Crippen molar-refractivity contribution < 1.29 is 14.7 Å². The van der Waals surface area contributed by atoms with Gasteiger partial charge in [0.2, 0.25) is 5.91 Å². The molecule has 0 saturated heterocycles. The summed E-state index contributed by atoms with van der Waals surface area (Å²) in [6, 6.07) is 0.0613. The predicted molar refractivity (Wildman–Crippen MR) is 79.7 cm³/mol. The number of carbonyl (C=O) groups excluding carboxylic acids is 1. The Kier molecular flexibility index (Phi) is 4.82. The molecular weight excluding hydrogens is 290 g/mol. The van der Waals surface area contributed by atoms with Crippen molar-refractivity contribution in [3.63, 3.8) is 0 Å². The molecule has 1 heterocycles. The van der Waals surface area contributed by atoms with Gasteiger partial charge in [0.25, 0.3) is 0 Å². The molecule has 0 radical (unpaired) electrons. The normalized spacial score (nSPS) is 14.3. The fraction of sp³-hybridized carbons (Fsp3) is 0.571. The van der Waals surface area contributed by atoms with Crippen LogP contribution in [0.5, 0.6) is 0 Å². The van der Waals surface area contributed by atoms with Crippen LogP contribution in [-0.4, -0.2) is 38.7 Å². The lowest BCUT2D eigenvalue weighted by Crippen LogP contribution is -2.31. The molecule has 0 spiro atoms. The predicted octanol–water partition coefficient (Wildman–Crippen LogP) is 1.98. The Labute approximate surface area is 127 Å². The minimum absolute atomic E-state index is 0.0613. The topological polar surface area (TPSA) is 92.2 Å². The van der Waals surface area contributed by atoms with Crippen LogP contribution in [0.25, 0.3) is 0 Å². The molecule has 1 aliphatic carbocycles. The van der Waals surface area contributed by atoms with E-state index in [2.05, 4.69) is 15.3 Å². The number of nitrogens with zero attached hydrogens (tertiary/aromatic N) is 2. The fourth-order valence-electron chi connectivity index (χ4n) is 1.94. The molecule has 1 saturated carbocycles. The van der Waals surface area contributed by atoms with Gasteiger partial charge in [-0.25, -0.2) is 14.8 Å². The van der Waals surface area contributed by atoms with Gasteiger partial charge in [-0.3, -0.25) is 4.79 Å². The average molecular weight is 309 g/mol. The molecule has 1 aromatic heterocycles. The average Bonchev–Trinajstić information content (AvgIpc) is 3.18. The number of aromatic nitrogens is 2. The third-order valence-corrected chi connectivity index (χ3v) is 4.00. The van der Waals surface area contributed by atoms with Crippen LogP contribution in [0, 0.1) is 6.92 Å². The van der Waals surface area contributed by atoms with Gasteiger partial charge in [0.1, 0.15) is 16.4 Å². The second-order valence-electron chi connectivity index (χ2n) is 5.44. The molecular formula is C14H19N3O3S. The van der Waals surface area contributed by atoms with Gasteiger partial charge in [-0.15, -0.1) is 0 Å². The van der Waals surface area contributed by atoms with Crippen molar-refractivity contribution in [2.45, 2.75) is 50.6 Å². The number of hydrogen-bond acceptors (Lipinski definition) is 5. The molecule has 0 atom stereocenters. The zero-order chi connectivity index (χ0) is 15.6. The zero-order valence-corrected chi connectivity index (χ0v) is 13.2. The molecule has 0 aliphatic heterocycles. The summed E-state index contributed by atoms with van der Waals surface area (Å²) in [6.07, 6.45) is 2.09. The van der Waals surface area contributed by atoms with Gasteiger partial charge in [-0.1, -0.05) is 11.8 Å². The number of hydrogen-bond donors (Lipinski definition) is 2. The summed E-state index contributed by atoms with van der Waals surface area (Å²) < 4.78 is 0. The van der Waals surface area contributed by atoms with Crippen molar-refractivity contribution in [2.75, 3.05) is 5.75 Å². The molecule has 1 amide bonds. The lowest BCUT2D eigenvalue weighted by atomic mass is 10.2. The molecule has 6 nitrogen and oxygen atoms in total. The second kappa shape index (κ2) is 6.43. The summed E-state index contributed by atoms with van der Waals surface area (Å²) >= 11 is 1.15. The molecule has 21 heavy (non-hydrogen) atoms. The van der Waals surface area contributed by atoms with Crippen LogP contribution >= 0.6 is 11.8 Å². The maximum atomic E-state index is 11.7. The summed E-state index contributed by atoms with van der Waals surface area (Å²) in [6.45, 7) is 5.44. The SMILES string of the molecule is Cc1nc(C2CC2)nc(SCC(=O)NC(C)C)c1C(=O)O. The minimum Gasteiger partial charge on any atom is -0.478 e. The molecule has 1 aromatic rings. The molecule has 0 bridgehead atoms. The highest BCUT2D eigenvalue weighted by molar-refractivity contribution is 8.00. The highest BCUT2D eigenvalue weighted by Gasteiger charge is 2.29. The maximum Gasteiger partial charge on any atom is 0.340 e. The third kappa shape index (κ3) is 4.17. The van der Waals surface area contributed by atoms with Crippen LogP contribution in [0.3, 0.4) is 0 Å². The zero-order valence-electron chi connectivity index (χ0n) is 12.3. The van der Waals surface area contributed by atoms with Crippen LogP contribution in [-0.2, 0) is 4.79 Å². The van der Waals surface area contributed by atoms with E-state index < -0.39 is 5.97 Å². The molecule has 1 fully saturated rings. The van der Waals surface area contributed by atoms with Gasteiger partial charge in [0.15, 0.2) is 0 Å². The van der Waals surface area contributed by atoms with E-state index in [1.165, 1.54) is 0 Å². The summed E-state index contributed by atoms with van der Waals surface area (Å²) in [7, 11) is 0. The van der Waals surface area contributed by atoms with Crippen molar-refractivity contribution >= 4 is 23.6 Å². The van der Waals surface area contributed by atoms with E-state index in [9.17, 15) is 14.7 Å². The number of carboxylic acids is 1. The van der Waals surface area contributed by atoms with E-state index in [1.54, 1.807) is 6.92 Å². The van der Waals surface area contributed by atoms with Crippen molar-refractivity contribution in [1.82, 2.24) is 15.3 Å². The van der Waals surface area contributed by atoms with E-state index in [4.69, 9.17) is 0 Å². The van der Waals surface area contributed by atoms with Gasteiger partial charge in [0, 0.05) is 12.0 Å². The van der Waals surface area contributed by atoms with Crippen molar-refractivity contribution in [3.05, 3.63) is 17.1 Å². The number of thioether (sulfide) groups is 1. The lowest BCUT2D eigenvalue weighted by Gasteiger charge is -2.11. The van der Waals surface area contributed by atoms with Gasteiger partial charge < -0.3 is 10.4 Å². The van der Waals surface area contributed by atoms with Crippen molar-refractivity contribution in [3.8, 4) is 0 Å². The summed E-state index contributed by atoms with van der Waals surface area (Å²) in [5.74, 6) is 0.00999. The van der Waals surface area contributed by atoms with Crippen LogP contribution < -0.4 is 5.32 Å². The Morgan fingerprint density at radius 1 is 1.38 bits per heavy atom. The maximum absolute atomic E-state index is 11.7. The van der Waals surface area contributed by atoms with Crippen LogP contribution in [0.1, 0.15) is 54.5 Å². The molecule has 2 rings (SSSR count). The van der Waals surface area contributed by atoms with Crippen molar-refractivity contribution in [1.29, 1.82) is 0 Å². The Hall–Kier alpha value is -1.63. The van der Waals surface area contributed by atoms with E-state index in [0.29, 0.717) is 22.5 Å². The van der Waals surface area contributed by atoms with Gasteiger partial charge in [-0.05, 0) is 33.6 Å². The van der Waals surface area contributed by atoms with Crippen LogP contribution in [0.15, 0.2) is 5.03 Å². The molecule has 114 valence electrons. The lowest BCUT2D eigenvalue weighted by molar-refractivity contribution is -0.119. The number of nitrogens with one attached hydrogen (secondary N) is 1. The number of carboxylic acid groups (broad SMARTS) is 1. The van der Waals surface area contributed by atoms with Gasteiger partial charge >= 0.3 is 5.97 Å². The standard InChI is InChI=1S/C14H19N3O3S/c1-7(2)15-10(18)6-21-13-11(14(19)20)8(3)16-12(17-13)9-4-5-9/h7,9H,4-6H2,1-3H3,(H,15,18)(H,19,20). The fourth-order valence-corrected chi connectivity index (χ4v) is 2.83. The van der Waals surface area contributed by atoms with Crippen molar-refractivity contribution in [2.24, 2.45) is 0 Å². The monoisotopic (exact) mass is 309 g/mol. The number of aromatic carboxylic acids is 1. The van der Waals surface area contributed by atoms with E-state index in [0.717, 1.165) is 24.6 Å². The third-order valence-electron chi connectivity index (χ3n) is 3.02. The van der Waals surface area contributed by atoms with E-state index in [1.807, 2.05) is 13.8 Å². The Morgan fingerprint density at radius 3 is 2.57 bits per heavy atom. The Bertz CT molecular complexity index is 571. The van der Waals surface area contributed by atoms with Gasteiger partial charge in [-0.2, -0.15) is 0 Å². The minimum atomic E-state index is -1.05. The van der Waals surface area contributed by atoms with Crippen LogP contribution in [0.4, 0.5) is 0 Å². The molecule has 2 N–H and O–H groups in total. The first kappa shape index (κ1) is 15.8. The smallest absolute Gasteiger partial charge is 0.340 e. The highest BCUT2D eigenvalue weighted by Crippen LogP contribution is 2.39. The number of rotatable bonds is 6. The molecule has 7 heteroatoms. The largest absolute Gasteiger partial charge is 0.478 e. The number of amides is 1. The van der Waals surface area contributed by atoms with E-state index >= 15 is 0 Å². The summed E-state index contributed by atoms with van der Waals surface area (Å²) in [5.41, 5.74) is 0.563. The molecule has 0 aromatic carbocycles.